The van der Waals surface area contributed by atoms with E-state index in [1.54, 1.807) is 0 Å². The molecular formula is C10H10BF4O2-. The molecular weight excluding hydrogens is 239 g/mol. The van der Waals surface area contributed by atoms with Crippen molar-refractivity contribution in [3.8, 4) is 0 Å². The highest BCUT2D eigenvalue weighted by atomic mass is 19.4. The van der Waals surface area contributed by atoms with E-state index in [-0.39, 0.29) is 5.56 Å². The third-order valence-corrected chi connectivity index (χ3v) is 2.43. The molecule has 0 saturated heterocycles. The van der Waals surface area contributed by atoms with Crippen LogP contribution in [0.5, 0.6) is 0 Å². The molecule has 0 aliphatic heterocycles. The lowest BCUT2D eigenvalue weighted by molar-refractivity contribution is -0.141. The van der Waals surface area contributed by atoms with Crippen LogP contribution in [-0.2, 0) is 9.53 Å². The highest BCUT2D eigenvalue weighted by Gasteiger charge is 2.29. The molecule has 0 N–H and O–H groups in total. The highest BCUT2D eigenvalue weighted by Crippen LogP contribution is 2.19. The van der Waals surface area contributed by atoms with E-state index in [4.69, 9.17) is 0 Å². The number of hydrogen-bond donors (Lipinski definition) is 0. The molecule has 7 heteroatoms. The molecule has 0 amide bonds. The summed E-state index contributed by atoms with van der Waals surface area (Å²) in [5, 5.41) is 0. The molecule has 1 aromatic rings. The molecule has 0 aromatic heterocycles. The van der Waals surface area contributed by atoms with Crippen LogP contribution < -0.4 is 5.46 Å². The molecule has 0 aliphatic carbocycles. The molecule has 0 aliphatic rings. The second-order valence-corrected chi connectivity index (χ2v) is 3.60. The smallest absolute Gasteiger partial charge is 0.469 e. The van der Waals surface area contributed by atoms with Crippen LogP contribution in [0, 0.1) is 5.82 Å². The summed E-state index contributed by atoms with van der Waals surface area (Å²) in [6.45, 7) is -3.95. The number of carbonyl (C=O) groups excluding carboxylic acids is 1. The number of esters is 1. The predicted octanol–water partition coefficient (Wildman–Crippen LogP) is 2.16. The minimum absolute atomic E-state index is 0.151. The summed E-state index contributed by atoms with van der Waals surface area (Å²) in [6.07, 6.45) is 0. The average molecular weight is 249 g/mol. The van der Waals surface area contributed by atoms with Gasteiger partial charge in [-0.2, -0.15) is 0 Å². The van der Waals surface area contributed by atoms with Crippen molar-refractivity contribution >= 4 is 18.4 Å². The monoisotopic (exact) mass is 249 g/mol. The maximum Gasteiger partial charge on any atom is 0.512 e. The predicted molar refractivity (Wildman–Crippen MR) is 55.5 cm³/mol. The Morgan fingerprint density at radius 1 is 1.35 bits per heavy atom. The fraction of sp³-hybridized carbons (Fsp3) is 0.300. The first-order valence-electron chi connectivity index (χ1n) is 4.84. The molecule has 2 nitrogen and oxygen atoms in total. The zero-order valence-electron chi connectivity index (χ0n) is 9.22. The van der Waals surface area contributed by atoms with Crippen molar-refractivity contribution in [2.75, 3.05) is 7.11 Å². The van der Waals surface area contributed by atoms with E-state index in [2.05, 4.69) is 4.74 Å². The van der Waals surface area contributed by atoms with Gasteiger partial charge in [0, 0.05) is 0 Å². The van der Waals surface area contributed by atoms with Gasteiger partial charge in [-0.25, -0.2) is 4.39 Å². The zero-order chi connectivity index (χ0) is 13.2. The summed E-state index contributed by atoms with van der Waals surface area (Å²) in [6, 6.07) is 2.44. The Morgan fingerprint density at radius 3 is 2.35 bits per heavy atom. The van der Waals surface area contributed by atoms with E-state index >= 15 is 0 Å². The van der Waals surface area contributed by atoms with Crippen LogP contribution in [0.1, 0.15) is 18.4 Å². The van der Waals surface area contributed by atoms with Crippen molar-refractivity contribution in [2.45, 2.75) is 12.8 Å². The lowest BCUT2D eigenvalue weighted by Gasteiger charge is -2.17. The van der Waals surface area contributed by atoms with E-state index in [1.807, 2.05) is 0 Å². The van der Waals surface area contributed by atoms with E-state index in [1.165, 1.54) is 6.92 Å². The van der Waals surface area contributed by atoms with Gasteiger partial charge in [0.2, 0.25) is 0 Å². The van der Waals surface area contributed by atoms with Crippen LogP contribution in [0.4, 0.5) is 17.3 Å². The lowest BCUT2D eigenvalue weighted by Crippen LogP contribution is -2.36. The first kappa shape index (κ1) is 13.5. The molecule has 0 saturated carbocycles. The first-order valence-corrected chi connectivity index (χ1v) is 4.84. The molecule has 1 atom stereocenters. The Bertz CT molecular complexity index is 431. The van der Waals surface area contributed by atoms with E-state index in [9.17, 15) is 22.1 Å². The number of ether oxygens (including phenoxy) is 1. The number of methoxy groups -OCH3 is 1. The molecule has 17 heavy (non-hydrogen) atoms. The van der Waals surface area contributed by atoms with Gasteiger partial charge < -0.3 is 17.7 Å². The third-order valence-electron chi connectivity index (χ3n) is 2.43. The van der Waals surface area contributed by atoms with Gasteiger partial charge in [0.15, 0.2) is 0 Å². The van der Waals surface area contributed by atoms with Gasteiger partial charge in [0.1, 0.15) is 0 Å². The summed E-state index contributed by atoms with van der Waals surface area (Å²) in [5.74, 6) is -2.80. The van der Waals surface area contributed by atoms with Gasteiger partial charge >= 0.3 is 12.9 Å². The van der Waals surface area contributed by atoms with Crippen molar-refractivity contribution < 1.29 is 26.9 Å². The maximum atomic E-state index is 13.2. The van der Waals surface area contributed by atoms with Crippen molar-refractivity contribution in [1.82, 2.24) is 0 Å². The van der Waals surface area contributed by atoms with Gasteiger partial charge in [-0.1, -0.05) is 17.6 Å². The number of halogens is 4. The molecule has 1 unspecified atom stereocenters. The summed E-state index contributed by atoms with van der Waals surface area (Å²) in [4.78, 5) is 11.1. The van der Waals surface area contributed by atoms with Gasteiger partial charge in [0.25, 0.3) is 0 Å². The van der Waals surface area contributed by atoms with Crippen LogP contribution in [0.3, 0.4) is 0 Å². The quantitative estimate of drug-likeness (QED) is 0.466. The first-order chi connectivity index (χ1) is 7.77. The van der Waals surface area contributed by atoms with Crippen LogP contribution >= 0.6 is 0 Å². The minimum atomic E-state index is -5.38. The average Bonchev–Trinajstić information content (AvgIpc) is 2.25. The minimum Gasteiger partial charge on any atom is -0.469 e. The van der Waals surface area contributed by atoms with Crippen LogP contribution in [0.25, 0.3) is 0 Å². The SMILES string of the molecule is COC(=O)C(C)c1ccc([B-](F)(F)F)c(F)c1. The van der Waals surface area contributed by atoms with Gasteiger partial charge in [0.05, 0.1) is 18.8 Å². The summed E-state index contributed by atoms with van der Waals surface area (Å²) < 4.78 is 54.7. The second-order valence-electron chi connectivity index (χ2n) is 3.60. The standard InChI is InChI=1S/C10H10BF4O2/c1-6(10(16)17-2)7-3-4-8(9(12)5-7)11(13,14)15/h3-6H,1-2H3/q-1. The van der Waals surface area contributed by atoms with Crippen molar-refractivity contribution in [3.63, 3.8) is 0 Å². The number of hydrogen-bond acceptors (Lipinski definition) is 2. The molecule has 0 bridgehead atoms. The highest BCUT2D eigenvalue weighted by molar-refractivity contribution is 6.73. The lowest BCUT2D eigenvalue weighted by atomic mass is 9.78. The molecule has 0 spiro atoms. The van der Waals surface area contributed by atoms with Gasteiger partial charge in [-0.15, -0.1) is 0 Å². The Morgan fingerprint density at radius 2 is 1.94 bits per heavy atom. The molecule has 0 fully saturated rings. The van der Waals surface area contributed by atoms with Crippen LogP contribution in [0.15, 0.2) is 18.2 Å². The molecule has 94 valence electrons. The number of rotatable bonds is 3. The second kappa shape index (κ2) is 4.77. The summed E-state index contributed by atoms with van der Waals surface area (Å²) >= 11 is 0. The Balaban J connectivity index is 3.09. The van der Waals surface area contributed by atoms with Crippen molar-refractivity contribution in [2.24, 2.45) is 0 Å². The largest absolute Gasteiger partial charge is 0.512 e. The Kier molecular flexibility index (Phi) is 3.80. The van der Waals surface area contributed by atoms with Crippen LogP contribution in [0.2, 0.25) is 0 Å². The van der Waals surface area contributed by atoms with E-state index < -0.39 is 30.1 Å². The fourth-order valence-electron chi connectivity index (χ4n) is 1.39. The van der Waals surface area contributed by atoms with Gasteiger partial charge in [-0.3, -0.25) is 4.79 Å². The normalized spacial score (nSPS) is 13.3. The van der Waals surface area contributed by atoms with E-state index in [0.717, 1.165) is 13.2 Å². The molecule has 1 rings (SSSR count). The molecule has 1 aromatic carbocycles. The number of benzene rings is 1. The topological polar surface area (TPSA) is 26.3 Å². The Hall–Kier alpha value is -1.53. The summed E-state index contributed by atoms with van der Waals surface area (Å²) in [7, 11) is 1.16. The van der Waals surface area contributed by atoms with Gasteiger partial charge in [-0.05, 0) is 18.6 Å². The maximum absolute atomic E-state index is 13.2. The van der Waals surface area contributed by atoms with Crippen molar-refractivity contribution in [1.29, 1.82) is 0 Å². The van der Waals surface area contributed by atoms with Crippen LogP contribution in [-0.4, -0.2) is 20.1 Å². The Labute approximate surface area is 95.6 Å². The fourth-order valence-corrected chi connectivity index (χ4v) is 1.39. The third kappa shape index (κ3) is 2.98. The molecule has 0 heterocycles. The van der Waals surface area contributed by atoms with Crippen molar-refractivity contribution in [3.05, 3.63) is 29.6 Å². The van der Waals surface area contributed by atoms with E-state index in [0.29, 0.717) is 12.1 Å². The summed E-state index contributed by atoms with van der Waals surface area (Å²) in [5.41, 5.74) is -1.14. The number of carbonyl (C=O) groups is 1. The molecule has 0 radical (unpaired) electrons. The zero-order valence-corrected chi connectivity index (χ0v) is 9.22.